The lowest BCUT2D eigenvalue weighted by atomic mass is 9.97. The van der Waals surface area contributed by atoms with E-state index in [4.69, 9.17) is 10.3 Å². The zero-order valence-electron chi connectivity index (χ0n) is 12.7. The molecule has 1 saturated heterocycles. The Labute approximate surface area is 136 Å². The minimum absolute atomic E-state index is 0. The molecule has 0 bridgehead atoms. The normalized spacial score (nSPS) is 22.1. The van der Waals surface area contributed by atoms with Crippen LogP contribution in [0.1, 0.15) is 43.3 Å². The topological polar surface area (TPSA) is 97.3 Å². The molecule has 0 spiro atoms. The molecule has 1 saturated carbocycles. The van der Waals surface area contributed by atoms with Gasteiger partial charge in [0.05, 0.1) is 12.5 Å². The fourth-order valence-corrected chi connectivity index (χ4v) is 2.78. The highest BCUT2D eigenvalue weighted by molar-refractivity contribution is 5.85. The van der Waals surface area contributed by atoms with Crippen molar-refractivity contribution in [3.8, 4) is 0 Å². The molecule has 0 radical (unpaired) electrons. The van der Waals surface area contributed by atoms with Crippen molar-refractivity contribution in [2.75, 3.05) is 26.2 Å². The molecule has 1 unspecified atom stereocenters. The van der Waals surface area contributed by atoms with Crippen LogP contribution in [0.3, 0.4) is 0 Å². The van der Waals surface area contributed by atoms with E-state index in [0.717, 1.165) is 50.5 Å². The minimum Gasteiger partial charge on any atom is -0.355 e. The summed E-state index contributed by atoms with van der Waals surface area (Å²) >= 11 is 0. The number of amides is 1. The first-order chi connectivity index (χ1) is 10.3. The quantitative estimate of drug-likeness (QED) is 0.795. The molecule has 1 aromatic rings. The Bertz CT molecular complexity index is 491. The van der Waals surface area contributed by atoms with E-state index in [0.29, 0.717) is 25.6 Å². The molecule has 8 heteroatoms. The van der Waals surface area contributed by atoms with Crippen molar-refractivity contribution < 1.29 is 9.32 Å². The maximum atomic E-state index is 12.0. The van der Waals surface area contributed by atoms with E-state index in [9.17, 15) is 4.79 Å². The summed E-state index contributed by atoms with van der Waals surface area (Å²) < 4.78 is 5.28. The van der Waals surface area contributed by atoms with E-state index in [2.05, 4.69) is 20.4 Å². The SMILES string of the molecule is Cl.NCCNC(=O)C1CCCN(Cc2noc(C3CC3)n2)C1. The first kappa shape index (κ1) is 17.2. The lowest BCUT2D eigenvalue weighted by molar-refractivity contribution is -0.126. The van der Waals surface area contributed by atoms with Gasteiger partial charge in [0.2, 0.25) is 11.8 Å². The summed E-state index contributed by atoms with van der Waals surface area (Å²) in [5.74, 6) is 2.15. The summed E-state index contributed by atoms with van der Waals surface area (Å²) in [6.45, 7) is 3.43. The van der Waals surface area contributed by atoms with Gasteiger partial charge in [-0.15, -0.1) is 12.4 Å². The van der Waals surface area contributed by atoms with E-state index in [1.165, 1.54) is 0 Å². The number of hydrogen-bond donors (Lipinski definition) is 2. The average Bonchev–Trinajstić information content (AvgIpc) is 3.25. The van der Waals surface area contributed by atoms with Crippen molar-refractivity contribution in [2.45, 2.75) is 38.1 Å². The second-order valence-electron chi connectivity index (χ2n) is 5.98. The lowest BCUT2D eigenvalue weighted by Crippen LogP contribution is -2.43. The van der Waals surface area contributed by atoms with Crippen molar-refractivity contribution in [2.24, 2.45) is 11.7 Å². The van der Waals surface area contributed by atoms with Gasteiger partial charge >= 0.3 is 0 Å². The van der Waals surface area contributed by atoms with Gasteiger partial charge in [-0.2, -0.15) is 4.98 Å². The third-order valence-electron chi connectivity index (χ3n) is 4.10. The van der Waals surface area contributed by atoms with Gasteiger partial charge in [-0.1, -0.05) is 5.16 Å². The molecule has 2 aliphatic rings. The van der Waals surface area contributed by atoms with Crippen LogP contribution in [0.25, 0.3) is 0 Å². The predicted molar refractivity (Wildman–Crippen MR) is 83.6 cm³/mol. The van der Waals surface area contributed by atoms with Gasteiger partial charge in [0, 0.05) is 25.6 Å². The summed E-state index contributed by atoms with van der Waals surface area (Å²) in [5, 5.41) is 6.92. The van der Waals surface area contributed by atoms with Crippen molar-refractivity contribution >= 4 is 18.3 Å². The van der Waals surface area contributed by atoms with Crippen LogP contribution in [-0.2, 0) is 11.3 Å². The first-order valence-electron chi connectivity index (χ1n) is 7.79. The maximum Gasteiger partial charge on any atom is 0.229 e. The number of nitrogens with two attached hydrogens (primary N) is 1. The zero-order valence-corrected chi connectivity index (χ0v) is 13.5. The average molecular weight is 330 g/mol. The predicted octanol–water partition coefficient (Wildman–Crippen LogP) is 0.656. The van der Waals surface area contributed by atoms with Crippen LogP contribution in [0.4, 0.5) is 0 Å². The highest BCUT2D eigenvalue weighted by atomic mass is 35.5. The monoisotopic (exact) mass is 329 g/mol. The van der Waals surface area contributed by atoms with Gasteiger partial charge in [-0.05, 0) is 32.2 Å². The van der Waals surface area contributed by atoms with Crippen molar-refractivity contribution in [1.82, 2.24) is 20.4 Å². The number of nitrogens with one attached hydrogen (secondary N) is 1. The summed E-state index contributed by atoms with van der Waals surface area (Å²) in [4.78, 5) is 18.7. The van der Waals surface area contributed by atoms with Gasteiger partial charge in [-0.25, -0.2) is 0 Å². The molecule has 3 rings (SSSR count). The molecular formula is C14H24ClN5O2. The largest absolute Gasteiger partial charge is 0.355 e. The van der Waals surface area contributed by atoms with Gasteiger partial charge in [0.15, 0.2) is 5.82 Å². The van der Waals surface area contributed by atoms with Crippen molar-refractivity contribution in [3.05, 3.63) is 11.7 Å². The number of carbonyl (C=O) groups excluding carboxylic acids is 1. The molecule has 0 aromatic carbocycles. The third-order valence-corrected chi connectivity index (χ3v) is 4.10. The Morgan fingerprint density at radius 3 is 2.95 bits per heavy atom. The third kappa shape index (κ3) is 4.41. The molecule has 22 heavy (non-hydrogen) atoms. The van der Waals surface area contributed by atoms with Crippen LogP contribution >= 0.6 is 12.4 Å². The number of piperidine rings is 1. The Morgan fingerprint density at radius 2 is 2.23 bits per heavy atom. The summed E-state index contributed by atoms with van der Waals surface area (Å²) in [5.41, 5.74) is 5.42. The molecular weight excluding hydrogens is 306 g/mol. The number of rotatable bonds is 6. The molecule has 1 aliphatic heterocycles. The number of halogens is 1. The van der Waals surface area contributed by atoms with Crippen LogP contribution in [0.15, 0.2) is 4.52 Å². The lowest BCUT2D eigenvalue weighted by Gasteiger charge is -2.31. The number of carbonyl (C=O) groups is 1. The zero-order chi connectivity index (χ0) is 14.7. The molecule has 124 valence electrons. The Kier molecular flexibility index (Phi) is 6.16. The molecule has 1 aromatic heterocycles. The smallest absolute Gasteiger partial charge is 0.229 e. The van der Waals surface area contributed by atoms with Crippen LogP contribution < -0.4 is 11.1 Å². The molecule has 7 nitrogen and oxygen atoms in total. The van der Waals surface area contributed by atoms with E-state index in [1.807, 2.05) is 0 Å². The van der Waals surface area contributed by atoms with Crippen LogP contribution in [-0.4, -0.2) is 47.1 Å². The fraction of sp³-hybridized carbons (Fsp3) is 0.786. The van der Waals surface area contributed by atoms with Crippen molar-refractivity contribution in [1.29, 1.82) is 0 Å². The van der Waals surface area contributed by atoms with Gasteiger partial charge in [-0.3, -0.25) is 9.69 Å². The summed E-state index contributed by atoms with van der Waals surface area (Å²) in [6.07, 6.45) is 4.28. The van der Waals surface area contributed by atoms with E-state index < -0.39 is 0 Å². The highest BCUT2D eigenvalue weighted by Gasteiger charge is 2.30. The molecule has 2 heterocycles. The van der Waals surface area contributed by atoms with E-state index in [1.54, 1.807) is 0 Å². The maximum absolute atomic E-state index is 12.0. The second-order valence-corrected chi connectivity index (χ2v) is 5.98. The molecule has 3 N–H and O–H groups in total. The summed E-state index contributed by atoms with van der Waals surface area (Å²) in [6, 6.07) is 0. The second kappa shape index (κ2) is 7.89. The van der Waals surface area contributed by atoms with Crippen molar-refractivity contribution in [3.63, 3.8) is 0 Å². The van der Waals surface area contributed by atoms with E-state index >= 15 is 0 Å². The van der Waals surface area contributed by atoms with E-state index in [-0.39, 0.29) is 24.2 Å². The number of aromatic nitrogens is 2. The molecule has 1 aliphatic carbocycles. The molecule has 1 amide bonds. The molecule has 1 atom stereocenters. The number of hydrogen-bond acceptors (Lipinski definition) is 6. The Morgan fingerprint density at radius 1 is 1.41 bits per heavy atom. The van der Waals surface area contributed by atoms with Crippen LogP contribution in [0.2, 0.25) is 0 Å². The number of nitrogens with zero attached hydrogens (tertiary/aromatic N) is 3. The molecule has 2 fully saturated rings. The van der Waals surface area contributed by atoms with Gasteiger partial charge < -0.3 is 15.6 Å². The minimum atomic E-state index is 0. The Hall–Kier alpha value is -1.18. The standard InChI is InChI=1S/C14H23N5O2.ClH/c15-5-6-16-13(20)11-2-1-7-19(8-11)9-12-17-14(21-18-12)10-3-4-10;/h10-11H,1-9,15H2,(H,16,20);1H. The Balaban J connectivity index is 0.00000176. The van der Waals surface area contributed by atoms with Gasteiger partial charge in [0.1, 0.15) is 0 Å². The fourth-order valence-electron chi connectivity index (χ4n) is 2.78. The summed E-state index contributed by atoms with van der Waals surface area (Å²) in [7, 11) is 0. The van der Waals surface area contributed by atoms with Gasteiger partial charge in [0.25, 0.3) is 0 Å². The first-order valence-corrected chi connectivity index (χ1v) is 7.79. The number of likely N-dealkylation sites (tertiary alicyclic amines) is 1. The highest BCUT2D eigenvalue weighted by Crippen LogP contribution is 2.38. The van der Waals surface area contributed by atoms with Crippen LogP contribution in [0, 0.1) is 5.92 Å². The van der Waals surface area contributed by atoms with Crippen LogP contribution in [0.5, 0.6) is 0 Å².